The molecule has 0 radical (unpaired) electrons. The van der Waals surface area contributed by atoms with Crippen molar-refractivity contribution in [2.45, 2.75) is 6.54 Å². The minimum Gasteiger partial charge on any atom is -0.397 e. The third-order valence-electron chi connectivity index (χ3n) is 1.48. The van der Waals surface area contributed by atoms with Crippen molar-refractivity contribution in [3.8, 4) is 6.07 Å². The van der Waals surface area contributed by atoms with Crippen molar-refractivity contribution in [1.82, 2.24) is 4.57 Å². The molecule has 0 fully saturated rings. The Kier molecular flexibility index (Phi) is 2.56. The number of allylic oxidation sites excluding steroid dienone is 1. The van der Waals surface area contributed by atoms with Crippen molar-refractivity contribution in [3.05, 3.63) is 29.0 Å². The number of hydrogen-bond donors (Lipinski definition) is 1. The zero-order valence-corrected chi connectivity index (χ0v) is 8.00. The van der Waals surface area contributed by atoms with Gasteiger partial charge in [0.05, 0.1) is 5.69 Å². The Labute approximate surface area is 79.2 Å². The second-order valence-electron chi connectivity index (χ2n) is 2.29. The molecule has 1 rings (SSSR count). The van der Waals surface area contributed by atoms with E-state index in [-0.39, 0.29) is 0 Å². The lowest BCUT2D eigenvalue weighted by Gasteiger charge is -2.01. The maximum Gasteiger partial charge on any atom is 0.123 e. The van der Waals surface area contributed by atoms with Crippen LogP contribution in [0.1, 0.15) is 5.69 Å². The van der Waals surface area contributed by atoms with Crippen LogP contribution < -0.4 is 5.73 Å². The summed E-state index contributed by atoms with van der Waals surface area (Å²) in [6.45, 7) is 4.17. The van der Waals surface area contributed by atoms with E-state index in [1.54, 1.807) is 16.7 Å². The summed E-state index contributed by atoms with van der Waals surface area (Å²) in [6.07, 6.45) is 1.71. The highest BCUT2D eigenvalue weighted by molar-refractivity contribution is 9.10. The first-order valence-corrected chi connectivity index (χ1v) is 4.15. The Morgan fingerprint density at radius 1 is 1.83 bits per heavy atom. The summed E-state index contributed by atoms with van der Waals surface area (Å²) in [5.41, 5.74) is 6.71. The molecule has 0 spiro atoms. The van der Waals surface area contributed by atoms with Crippen LogP contribution in [0.5, 0.6) is 0 Å². The van der Waals surface area contributed by atoms with Crippen LogP contribution in [0.15, 0.2) is 23.3 Å². The van der Waals surface area contributed by atoms with E-state index in [2.05, 4.69) is 22.5 Å². The van der Waals surface area contributed by atoms with E-state index in [0.29, 0.717) is 17.9 Å². The molecule has 0 aliphatic carbocycles. The lowest BCUT2D eigenvalue weighted by Crippen LogP contribution is -1.98. The molecular weight excluding hydrogens is 218 g/mol. The number of nitriles is 1. The first kappa shape index (κ1) is 8.88. The molecule has 12 heavy (non-hydrogen) atoms. The number of aromatic nitrogens is 1. The minimum atomic E-state index is 0.541. The quantitative estimate of drug-likeness (QED) is 0.783. The first-order valence-electron chi connectivity index (χ1n) is 3.36. The summed E-state index contributed by atoms with van der Waals surface area (Å²) < 4.78 is 2.49. The van der Waals surface area contributed by atoms with Crippen LogP contribution in [0.4, 0.5) is 5.69 Å². The van der Waals surface area contributed by atoms with Gasteiger partial charge in [0.25, 0.3) is 0 Å². The van der Waals surface area contributed by atoms with E-state index in [4.69, 9.17) is 11.0 Å². The molecule has 1 aromatic rings. The molecule has 62 valence electrons. The topological polar surface area (TPSA) is 54.7 Å². The number of nitrogens with zero attached hydrogens (tertiary/aromatic N) is 2. The van der Waals surface area contributed by atoms with Crippen LogP contribution in [0.2, 0.25) is 0 Å². The summed E-state index contributed by atoms with van der Waals surface area (Å²) in [5.74, 6) is 0. The highest BCUT2D eigenvalue weighted by Crippen LogP contribution is 2.23. The maximum absolute atomic E-state index is 8.70. The number of rotatable bonds is 2. The van der Waals surface area contributed by atoms with Gasteiger partial charge < -0.3 is 10.3 Å². The SMILES string of the molecule is C=CCn1c(C#N)cc(N)c1Br. The second kappa shape index (κ2) is 3.46. The Hall–Kier alpha value is -1.21. The standard InChI is InChI=1S/C8H8BrN3/c1-2-3-12-6(5-10)4-7(11)8(12)9/h2,4H,1,3,11H2. The van der Waals surface area contributed by atoms with Gasteiger partial charge in [0.2, 0.25) is 0 Å². The Morgan fingerprint density at radius 3 is 3.00 bits per heavy atom. The summed E-state index contributed by atoms with van der Waals surface area (Å²) in [4.78, 5) is 0. The van der Waals surface area contributed by atoms with Gasteiger partial charge in [0, 0.05) is 6.54 Å². The third kappa shape index (κ3) is 1.36. The van der Waals surface area contributed by atoms with Gasteiger partial charge in [0.15, 0.2) is 0 Å². The molecule has 0 bridgehead atoms. The first-order chi connectivity index (χ1) is 5.70. The maximum atomic E-state index is 8.70. The van der Waals surface area contributed by atoms with Crippen LogP contribution in [-0.2, 0) is 6.54 Å². The predicted molar refractivity (Wildman–Crippen MR) is 51.5 cm³/mol. The smallest absolute Gasteiger partial charge is 0.123 e. The van der Waals surface area contributed by atoms with Gasteiger partial charge in [-0.05, 0) is 22.0 Å². The molecule has 0 atom stereocenters. The molecule has 3 nitrogen and oxygen atoms in total. The van der Waals surface area contributed by atoms with E-state index < -0.39 is 0 Å². The monoisotopic (exact) mass is 225 g/mol. The molecule has 0 saturated carbocycles. The summed E-state index contributed by atoms with van der Waals surface area (Å²) >= 11 is 3.28. The molecule has 0 amide bonds. The fourth-order valence-corrected chi connectivity index (χ4v) is 1.40. The molecular formula is C8H8BrN3. The van der Waals surface area contributed by atoms with E-state index in [9.17, 15) is 0 Å². The van der Waals surface area contributed by atoms with Gasteiger partial charge in [-0.1, -0.05) is 6.08 Å². The number of hydrogen-bond acceptors (Lipinski definition) is 2. The Morgan fingerprint density at radius 2 is 2.50 bits per heavy atom. The van der Waals surface area contributed by atoms with E-state index in [1.165, 1.54) is 0 Å². The van der Waals surface area contributed by atoms with E-state index in [1.807, 2.05) is 6.07 Å². The number of anilines is 1. The molecule has 1 aromatic heterocycles. The van der Waals surface area contributed by atoms with Crippen LogP contribution in [0.25, 0.3) is 0 Å². The third-order valence-corrected chi connectivity index (χ3v) is 2.37. The molecule has 2 N–H and O–H groups in total. The van der Waals surface area contributed by atoms with Gasteiger partial charge in [-0.15, -0.1) is 6.58 Å². The van der Waals surface area contributed by atoms with Crippen LogP contribution in [0, 0.1) is 11.3 Å². The fourth-order valence-electron chi connectivity index (χ4n) is 0.947. The highest BCUT2D eigenvalue weighted by Gasteiger charge is 2.08. The zero-order valence-electron chi connectivity index (χ0n) is 6.42. The second-order valence-corrected chi connectivity index (χ2v) is 3.04. The van der Waals surface area contributed by atoms with Crippen molar-refractivity contribution in [1.29, 1.82) is 5.26 Å². The van der Waals surface area contributed by atoms with Gasteiger partial charge >= 0.3 is 0 Å². The van der Waals surface area contributed by atoms with Crippen LogP contribution in [-0.4, -0.2) is 4.57 Å². The predicted octanol–water partition coefficient (Wildman–Crippen LogP) is 1.89. The Balaban J connectivity index is 3.23. The molecule has 0 aliphatic rings. The van der Waals surface area contributed by atoms with E-state index in [0.717, 1.165) is 4.60 Å². The van der Waals surface area contributed by atoms with Gasteiger partial charge in [-0.2, -0.15) is 5.26 Å². The zero-order chi connectivity index (χ0) is 9.14. The van der Waals surface area contributed by atoms with Gasteiger partial charge in [-0.3, -0.25) is 0 Å². The van der Waals surface area contributed by atoms with Crippen molar-refractivity contribution in [2.24, 2.45) is 0 Å². The van der Waals surface area contributed by atoms with Crippen LogP contribution in [0.3, 0.4) is 0 Å². The number of nitrogens with two attached hydrogens (primary N) is 1. The van der Waals surface area contributed by atoms with Crippen molar-refractivity contribution < 1.29 is 0 Å². The average Bonchev–Trinajstić information content (AvgIpc) is 2.33. The summed E-state index contributed by atoms with van der Waals surface area (Å²) in [6, 6.07) is 3.68. The van der Waals surface area contributed by atoms with E-state index >= 15 is 0 Å². The Bertz CT molecular complexity index is 346. The fraction of sp³-hybridized carbons (Fsp3) is 0.125. The van der Waals surface area contributed by atoms with Crippen molar-refractivity contribution in [3.63, 3.8) is 0 Å². The highest BCUT2D eigenvalue weighted by atomic mass is 79.9. The average molecular weight is 226 g/mol. The van der Waals surface area contributed by atoms with Gasteiger partial charge in [-0.25, -0.2) is 0 Å². The molecule has 0 saturated heterocycles. The number of nitrogen functional groups attached to an aromatic ring is 1. The summed E-state index contributed by atoms with van der Waals surface area (Å²) in [5, 5.41) is 8.70. The van der Waals surface area contributed by atoms with Crippen LogP contribution >= 0.6 is 15.9 Å². The molecule has 0 aromatic carbocycles. The number of halogens is 1. The van der Waals surface area contributed by atoms with Crippen molar-refractivity contribution >= 4 is 21.6 Å². The molecule has 1 heterocycles. The molecule has 0 unspecified atom stereocenters. The van der Waals surface area contributed by atoms with Crippen molar-refractivity contribution in [2.75, 3.05) is 5.73 Å². The minimum absolute atomic E-state index is 0.541. The summed E-state index contributed by atoms with van der Waals surface area (Å²) in [7, 11) is 0. The largest absolute Gasteiger partial charge is 0.397 e. The normalized spacial score (nSPS) is 9.33. The molecule has 0 aliphatic heterocycles. The lowest BCUT2D eigenvalue weighted by atomic mass is 10.4. The lowest BCUT2D eigenvalue weighted by molar-refractivity contribution is 0.799. The molecule has 4 heteroatoms. The van der Waals surface area contributed by atoms with Gasteiger partial charge in [0.1, 0.15) is 16.4 Å².